The number of nitriles is 1. The molecule has 2 N–H and O–H groups in total. The van der Waals surface area contributed by atoms with Crippen molar-refractivity contribution >= 4 is 17.5 Å². The van der Waals surface area contributed by atoms with Crippen molar-refractivity contribution in [3.63, 3.8) is 0 Å². The number of pyridine rings is 1. The summed E-state index contributed by atoms with van der Waals surface area (Å²) < 4.78 is 13.8. The minimum Gasteiger partial charge on any atom is -0.359 e. The second kappa shape index (κ2) is 7.83. The zero-order valence-corrected chi connectivity index (χ0v) is 13.0. The number of hydrogen-bond donors (Lipinski definition) is 2. The summed E-state index contributed by atoms with van der Waals surface area (Å²) in [4.78, 5) is 27.3. The van der Waals surface area contributed by atoms with Crippen LogP contribution in [0.25, 0.3) is 0 Å². The van der Waals surface area contributed by atoms with Crippen molar-refractivity contribution in [2.45, 2.75) is 12.8 Å². The number of aromatic nitrogens is 1. The lowest BCUT2D eigenvalue weighted by Gasteiger charge is -2.08. The molecule has 0 atom stereocenters. The molecule has 2 amide bonds. The molecule has 2 rings (SSSR count). The predicted molar refractivity (Wildman–Crippen MR) is 85.7 cm³/mol. The van der Waals surface area contributed by atoms with Crippen molar-refractivity contribution in [1.82, 2.24) is 10.3 Å². The molecule has 1 aromatic heterocycles. The van der Waals surface area contributed by atoms with Crippen molar-refractivity contribution in [1.29, 1.82) is 5.26 Å². The van der Waals surface area contributed by atoms with Gasteiger partial charge < -0.3 is 10.6 Å². The molecule has 0 radical (unpaired) electrons. The lowest BCUT2D eigenvalue weighted by atomic mass is 10.1. The summed E-state index contributed by atoms with van der Waals surface area (Å²) in [5, 5.41) is 13.8. The Morgan fingerprint density at radius 2 is 2.08 bits per heavy atom. The van der Waals surface area contributed by atoms with E-state index >= 15 is 0 Å². The molecule has 122 valence electrons. The number of carbonyl (C=O) groups is 2. The van der Waals surface area contributed by atoms with E-state index in [1.807, 2.05) is 6.07 Å². The first kappa shape index (κ1) is 17.1. The average molecular weight is 326 g/mol. The topological polar surface area (TPSA) is 94.9 Å². The van der Waals surface area contributed by atoms with E-state index in [0.29, 0.717) is 16.8 Å². The molecule has 0 spiro atoms. The number of rotatable bonds is 5. The minimum absolute atomic E-state index is 0.144. The molecule has 24 heavy (non-hydrogen) atoms. The number of aryl methyl sites for hydroxylation is 1. The van der Waals surface area contributed by atoms with Crippen molar-refractivity contribution in [3.05, 3.63) is 59.2 Å². The monoisotopic (exact) mass is 326 g/mol. The van der Waals surface area contributed by atoms with Gasteiger partial charge in [-0.25, -0.2) is 9.37 Å². The highest BCUT2D eigenvalue weighted by atomic mass is 19.1. The fourth-order valence-electron chi connectivity index (χ4n) is 2.01. The fraction of sp³-hybridized carbons (Fsp3) is 0.176. The van der Waals surface area contributed by atoms with Crippen LogP contribution in [0, 0.1) is 17.1 Å². The van der Waals surface area contributed by atoms with Crippen LogP contribution in [0.3, 0.4) is 0 Å². The normalized spacial score (nSPS) is 9.88. The number of halogens is 1. The van der Waals surface area contributed by atoms with Crippen LogP contribution < -0.4 is 10.6 Å². The molecule has 0 saturated heterocycles. The van der Waals surface area contributed by atoms with Crippen LogP contribution >= 0.6 is 0 Å². The highest BCUT2D eigenvalue weighted by Gasteiger charge is 2.11. The van der Waals surface area contributed by atoms with Gasteiger partial charge in [-0.2, -0.15) is 5.26 Å². The quantitative estimate of drug-likeness (QED) is 0.879. The summed E-state index contributed by atoms with van der Waals surface area (Å²) in [6.45, 7) is 0. The third-order valence-corrected chi connectivity index (χ3v) is 3.33. The van der Waals surface area contributed by atoms with Crippen molar-refractivity contribution in [2.75, 3.05) is 12.4 Å². The van der Waals surface area contributed by atoms with Gasteiger partial charge in [0.15, 0.2) is 0 Å². The zero-order valence-electron chi connectivity index (χ0n) is 13.0. The number of carbonyl (C=O) groups excluding carboxylic acids is 2. The first-order chi connectivity index (χ1) is 11.5. The summed E-state index contributed by atoms with van der Waals surface area (Å²) in [5.41, 5.74) is 1.23. The third-order valence-electron chi connectivity index (χ3n) is 3.33. The number of amides is 2. The standard InChI is InChI=1S/C17H15FN4O2/c1-20-16(23)7-3-12-8-13(4-5-14(12)18)22-17(24)15-6-2-11(9-19)10-21-15/h2,4-6,8,10H,3,7H2,1H3,(H,20,23)(H,22,24). The Labute approximate surface area is 138 Å². The molecule has 0 fully saturated rings. The number of hydrogen-bond acceptors (Lipinski definition) is 4. The highest BCUT2D eigenvalue weighted by molar-refractivity contribution is 6.02. The Balaban J connectivity index is 2.10. The van der Waals surface area contributed by atoms with E-state index < -0.39 is 11.7 Å². The Hall–Kier alpha value is -3.27. The Kier molecular flexibility index (Phi) is 5.58. The van der Waals surface area contributed by atoms with E-state index in [-0.39, 0.29) is 24.4 Å². The van der Waals surface area contributed by atoms with Crippen LogP contribution in [0.1, 0.15) is 28.0 Å². The second-order valence-corrected chi connectivity index (χ2v) is 4.98. The maximum Gasteiger partial charge on any atom is 0.274 e. The molecule has 2 aromatic rings. The molecule has 0 saturated carbocycles. The third kappa shape index (κ3) is 4.36. The second-order valence-electron chi connectivity index (χ2n) is 4.98. The molecular formula is C17H15FN4O2. The molecule has 1 aromatic carbocycles. The van der Waals surface area contributed by atoms with Crippen molar-refractivity contribution in [3.8, 4) is 6.07 Å². The Morgan fingerprint density at radius 3 is 2.71 bits per heavy atom. The van der Waals surface area contributed by atoms with Gasteiger partial charge in [-0.05, 0) is 42.3 Å². The van der Waals surface area contributed by atoms with E-state index in [1.54, 1.807) is 0 Å². The van der Waals surface area contributed by atoms with Gasteiger partial charge in [-0.15, -0.1) is 0 Å². The number of anilines is 1. The smallest absolute Gasteiger partial charge is 0.274 e. The molecule has 6 nitrogen and oxygen atoms in total. The largest absolute Gasteiger partial charge is 0.359 e. The number of nitrogens with zero attached hydrogens (tertiary/aromatic N) is 2. The van der Waals surface area contributed by atoms with Crippen LogP contribution in [0.15, 0.2) is 36.5 Å². The van der Waals surface area contributed by atoms with Gasteiger partial charge in [0.1, 0.15) is 17.6 Å². The van der Waals surface area contributed by atoms with E-state index in [2.05, 4.69) is 15.6 Å². The van der Waals surface area contributed by atoms with Gasteiger partial charge in [0, 0.05) is 25.4 Å². The molecule has 0 unspecified atom stereocenters. The van der Waals surface area contributed by atoms with E-state index in [4.69, 9.17) is 5.26 Å². The summed E-state index contributed by atoms with van der Waals surface area (Å²) in [7, 11) is 1.51. The van der Waals surface area contributed by atoms with Crippen molar-refractivity contribution < 1.29 is 14.0 Å². The molecule has 0 aliphatic carbocycles. The highest BCUT2D eigenvalue weighted by Crippen LogP contribution is 2.17. The predicted octanol–water partition coefficient (Wildman–Crippen LogP) is 2.02. The van der Waals surface area contributed by atoms with E-state index in [1.165, 1.54) is 43.6 Å². The van der Waals surface area contributed by atoms with Crippen LogP contribution in [0.2, 0.25) is 0 Å². The summed E-state index contributed by atoms with van der Waals surface area (Å²) in [5.74, 6) is -1.10. The Morgan fingerprint density at radius 1 is 1.29 bits per heavy atom. The maximum absolute atomic E-state index is 13.8. The summed E-state index contributed by atoms with van der Waals surface area (Å²) in [6.07, 6.45) is 1.68. The van der Waals surface area contributed by atoms with Crippen LogP contribution in [0.5, 0.6) is 0 Å². The van der Waals surface area contributed by atoms with Gasteiger partial charge in [0.2, 0.25) is 5.91 Å². The fourth-order valence-corrected chi connectivity index (χ4v) is 2.01. The maximum atomic E-state index is 13.8. The average Bonchev–Trinajstić information content (AvgIpc) is 2.61. The SMILES string of the molecule is CNC(=O)CCc1cc(NC(=O)c2ccc(C#N)cn2)ccc1F. The van der Waals surface area contributed by atoms with Gasteiger partial charge in [-0.1, -0.05) is 0 Å². The van der Waals surface area contributed by atoms with Gasteiger partial charge >= 0.3 is 0 Å². The van der Waals surface area contributed by atoms with E-state index in [0.717, 1.165) is 0 Å². The molecule has 7 heteroatoms. The molecule has 1 heterocycles. The molecule has 0 aliphatic heterocycles. The van der Waals surface area contributed by atoms with Gasteiger partial charge in [-0.3, -0.25) is 9.59 Å². The minimum atomic E-state index is -0.469. The summed E-state index contributed by atoms with van der Waals surface area (Å²) >= 11 is 0. The molecule has 0 aliphatic rings. The lowest BCUT2D eigenvalue weighted by Crippen LogP contribution is -2.18. The zero-order chi connectivity index (χ0) is 17.5. The van der Waals surface area contributed by atoms with Crippen LogP contribution in [-0.2, 0) is 11.2 Å². The number of benzene rings is 1. The van der Waals surface area contributed by atoms with Crippen molar-refractivity contribution in [2.24, 2.45) is 0 Å². The number of nitrogens with one attached hydrogen (secondary N) is 2. The van der Waals surface area contributed by atoms with Gasteiger partial charge in [0.05, 0.1) is 5.56 Å². The van der Waals surface area contributed by atoms with Crippen LogP contribution in [-0.4, -0.2) is 23.8 Å². The van der Waals surface area contributed by atoms with Crippen LogP contribution in [0.4, 0.5) is 10.1 Å². The van der Waals surface area contributed by atoms with Gasteiger partial charge in [0.25, 0.3) is 5.91 Å². The molecule has 0 bridgehead atoms. The summed E-state index contributed by atoms with van der Waals surface area (Å²) in [6, 6.07) is 8.99. The molecular weight excluding hydrogens is 311 g/mol. The lowest BCUT2D eigenvalue weighted by molar-refractivity contribution is -0.120. The Bertz CT molecular complexity index is 797. The van der Waals surface area contributed by atoms with E-state index in [9.17, 15) is 14.0 Å². The first-order valence-corrected chi connectivity index (χ1v) is 7.20. The first-order valence-electron chi connectivity index (χ1n) is 7.20.